The number of non-ortho nitro benzene ring substituents is 1. The van der Waals surface area contributed by atoms with Crippen LogP contribution in [0.25, 0.3) is 6.08 Å². The van der Waals surface area contributed by atoms with Gasteiger partial charge in [-0.3, -0.25) is 14.9 Å². The molecule has 2 rings (SSSR count). The van der Waals surface area contributed by atoms with E-state index in [0.29, 0.717) is 11.3 Å². The summed E-state index contributed by atoms with van der Waals surface area (Å²) < 4.78 is 4.66. The number of esters is 1. The largest absolute Gasteiger partial charge is 0.465 e. The van der Waals surface area contributed by atoms with Crippen LogP contribution >= 0.6 is 0 Å². The van der Waals surface area contributed by atoms with Crippen molar-refractivity contribution >= 4 is 29.3 Å². The zero-order valence-electron chi connectivity index (χ0n) is 12.8. The average molecular weight is 326 g/mol. The van der Waals surface area contributed by atoms with E-state index >= 15 is 0 Å². The lowest BCUT2D eigenvalue weighted by Gasteiger charge is -2.07. The summed E-state index contributed by atoms with van der Waals surface area (Å²) in [6.45, 7) is 0. The van der Waals surface area contributed by atoms with E-state index in [-0.39, 0.29) is 11.3 Å². The third-order valence-electron chi connectivity index (χ3n) is 3.12. The molecule has 24 heavy (non-hydrogen) atoms. The van der Waals surface area contributed by atoms with Gasteiger partial charge in [-0.2, -0.15) is 0 Å². The van der Waals surface area contributed by atoms with Gasteiger partial charge >= 0.3 is 5.97 Å². The fourth-order valence-electron chi connectivity index (χ4n) is 1.93. The quantitative estimate of drug-likeness (QED) is 0.394. The Balaban J connectivity index is 2.08. The Morgan fingerprint density at radius 2 is 1.79 bits per heavy atom. The van der Waals surface area contributed by atoms with E-state index < -0.39 is 16.8 Å². The first-order valence-corrected chi connectivity index (χ1v) is 6.92. The fourth-order valence-corrected chi connectivity index (χ4v) is 1.93. The summed E-state index contributed by atoms with van der Waals surface area (Å²) in [5, 5.41) is 13.2. The van der Waals surface area contributed by atoms with Crippen molar-refractivity contribution in [1.82, 2.24) is 0 Å². The second-order valence-electron chi connectivity index (χ2n) is 4.71. The number of nitrogens with zero attached hydrogens (tertiary/aromatic N) is 1. The second kappa shape index (κ2) is 7.68. The highest BCUT2D eigenvalue weighted by Gasteiger charge is 2.12. The first kappa shape index (κ1) is 16.9. The molecule has 7 nitrogen and oxygen atoms in total. The van der Waals surface area contributed by atoms with Crippen LogP contribution in [-0.2, 0) is 9.53 Å². The Morgan fingerprint density at radius 3 is 2.42 bits per heavy atom. The summed E-state index contributed by atoms with van der Waals surface area (Å²) in [5.41, 5.74) is 1.19. The lowest BCUT2D eigenvalue weighted by Crippen LogP contribution is -2.12. The average Bonchev–Trinajstić information content (AvgIpc) is 2.60. The standard InChI is InChI=1S/C17H14N2O5/c1-24-17(21)14-4-2-3-5-15(14)18-16(20)11-8-12-6-9-13(10-7-12)19(22)23/h2-11H,1H3,(H,18,20)/b11-8+. The van der Waals surface area contributed by atoms with Gasteiger partial charge in [0.05, 0.1) is 23.3 Å². The first-order chi connectivity index (χ1) is 11.5. The van der Waals surface area contributed by atoms with Crippen molar-refractivity contribution in [3.05, 3.63) is 75.8 Å². The lowest BCUT2D eigenvalue weighted by molar-refractivity contribution is -0.384. The van der Waals surface area contributed by atoms with Crippen molar-refractivity contribution in [2.24, 2.45) is 0 Å². The second-order valence-corrected chi connectivity index (χ2v) is 4.71. The van der Waals surface area contributed by atoms with E-state index in [2.05, 4.69) is 10.1 Å². The van der Waals surface area contributed by atoms with Gasteiger partial charge in [-0.15, -0.1) is 0 Å². The molecule has 0 saturated carbocycles. The number of carbonyl (C=O) groups excluding carboxylic acids is 2. The molecule has 0 unspecified atom stereocenters. The molecule has 0 atom stereocenters. The molecular formula is C17H14N2O5. The van der Waals surface area contributed by atoms with Crippen LogP contribution in [0.3, 0.4) is 0 Å². The van der Waals surface area contributed by atoms with Crippen LogP contribution in [0, 0.1) is 10.1 Å². The predicted octanol–water partition coefficient (Wildman–Crippen LogP) is 3.03. The normalized spacial score (nSPS) is 10.4. The van der Waals surface area contributed by atoms with Gasteiger partial charge in [0.1, 0.15) is 0 Å². The van der Waals surface area contributed by atoms with E-state index in [1.54, 1.807) is 24.3 Å². The molecular weight excluding hydrogens is 312 g/mol. The molecule has 0 aliphatic carbocycles. The Labute approximate surface area is 137 Å². The van der Waals surface area contributed by atoms with Crippen LogP contribution < -0.4 is 5.32 Å². The molecule has 0 spiro atoms. The Morgan fingerprint density at radius 1 is 1.12 bits per heavy atom. The number of nitro groups is 1. The highest BCUT2D eigenvalue weighted by Crippen LogP contribution is 2.16. The summed E-state index contributed by atoms with van der Waals surface area (Å²) in [7, 11) is 1.26. The van der Waals surface area contributed by atoms with E-state index in [4.69, 9.17) is 0 Å². The van der Waals surface area contributed by atoms with Gasteiger partial charge in [0.2, 0.25) is 5.91 Å². The van der Waals surface area contributed by atoms with Crippen molar-refractivity contribution in [3.63, 3.8) is 0 Å². The Kier molecular flexibility index (Phi) is 5.40. The Hall–Kier alpha value is -3.48. The molecule has 1 amide bonds. The maximum atomic E-state index is 12.0. The van der Waals surface area contributed by atoms with Crippen LogP contribution in [0.5, 0.6) is 0 Å². The minimum absolute atomic E-state index is 0.0244. The van der Waals surface area contributed by atoms with E-state index in [1.807, 2.05) is 0 Å². The Bertz CT molecular complexity index is 797. The predicted molar refractivity (Wildman–Crippen MR) is 88.5 cm³/mol. The monoisotopic (exact) mass is 326 g/mol. The van der Waals surface area contributed by atoms with Gasteiger partial charge in [-0.25, -0.2) is 4.79 Å². The molecule has 0 aliphatic heterocycles. The van der Waals surface area contributed by atoms with Crippen LogP contribution in [0.2, 0.25) is 0 Å². The topological polar surface area (TPSA) is 98.5 Å². The third-order valence-corrected chi connectivity index (χ3v) is 3.12. The van der Waals surface area contributed by atoms with E-state index in [9.17, 15) is 19.7 Å². The number of hydrogen-bond donors (Lipinski definition) is 1. The maximum Gasteiger partial charge on any atom is 0.339 e. The molecule has 0 heterocycles. The van der Waals surface area contributed by atoms with Gasteiger partial charge in [-0.05, 0) is 35.9 Å². The smallest absolute Gasteiger partial charge is 0.339 e. The summed E-state index contributed by atoms with van der Waals surface area (Å²) in [6.07, 6.45) is 2.79. The van der Waals surface area contributed by atoms with Crippen LogP contribution in [0.1, 0.15) is 15.9 Å². The molecule has 0 aliphatic rings. The number of ether oxygens (including phenoxy) is 1. The minimum Gasteiger partial charge on any atom is -0.465 e. The number of methoxy groups -OCH3 is 1. The number of nitrogens with one attached hydrogen (secondary N) is 1. The molecule has 1 N–H and O–H groups in total. The SMILES string of the molecule is COC(=O)c1ccccc1NC(=O)/C=C/c1ccc([N+](=O)[O-])cc1. The van der Waals surface area contributed by atoms with Gasteiger partial charge in [0.15, 0.2) is 0 Å². The van der Waals surface area contributed by atoms with E-state index in [0.717, 1.165) is 0 Å². The maximum absolute atomic E-state index is 12.0. The zero-order chi connectivity index (χ0) is 17.5. The van der Waals surface area contributed by atoms with Gasteiger partial charge in [0, 0.05) is 18.2 Å². The molecule has 7 heteroatoms. The third kappa shape index (κ3) is 4.26. The lowest BCUT2D eigenvalue weighted by atomic mass is 10.1. The molecule has 0 bridgehead atoms. The number of anilines is 1. The highest BCUT2D eigenvalue weighted by atomic mass is 16.6. The summed E-state index contributed by atoms with van der Waals surface area (Å²) in [4.78, 5) is 33.7. The molecule has 2 aromatic rings. The van der Waals surface area contributed by atoms with Gasteiger partial charge < -0.3 is 10.1 Å². The molecule has 0 radical (unpaired) electrons. The molecule has 0 aromatic heterocycles. The molecule has 0 saturated heterocycles. The number of benzene rings is 2. The molecule has 2 aromatic carbocycles. The first-order valence-electron chi connectivity index (χ1n) is 6.92. The van der Waals surface area contributed by atoms with Crippen molar-refractivity contribution < 1.29 is 19.2 Å². The fraction of sp³-hybridized carbons (Fsp3) is 0.0588. The van der Waals surface area contributed by atoms with Crippen LogP contribution in [0.15, 0.2) is 54.6 Å². The van der Waals surface area contributed by atoms with Crippen molar-refractivity contribution in [2.75, 3.05) is 12.4 Å². The molecule has 0 fully saturated rings. The number of hydrogen-bond acceptors (Lipinski definition) is 5. The summed E-state index contributed by atoms with van der Waals surface area (Å²) in [6, 6.07) is 12.2. The van der Waals surface area contributed by atoms with Crippen molar-refractivity contribution in [3.8, 4) is 0 Å². The highest BCUT2D eigenvalue weighted by molar-refractivity contribution is 6.06. The number of carbonyl (C=O) groups is 2. The summed E-state index contributed by atoms with van der Waals surface area (Å²) >= 11 is 0. The van der Waals surface area contributed by atoms with Crippen molar-refractivity contribution in [2.45, 2.75) is 0 Å². The van der Waals surface area contributed by atoms with Crippen molar-refractivity contribution in [1.29, 1.82) is 0 Å². The number of rotatable bonds is 5. The van der Waals surface area contributed by atoms with Crippen LogP contribution in [0.4, 0.5) is 11.4 Å². The molecule has 122 valence electrons. The van der Waals surface area contributed by atoms with E-state index in [1.165, 1.54) is 43.5 Å². The van der Waals surface area contributed by atoms with Gasteiger partial charge in [-0.1, -0.05) is 12.1 Å². The number of para-hydroxylation sites is 1. The minimum atomic E-state index is -0.551. The van der Waals surface area contributed by atoms with Crippen LogP contribution in [-0.4, -0.2) is 23.9 Å². The number of amides is 1. The van der Waals surface area contributed by atoms with Gasteiger partial charge in [0.25, 0.3) is 5.69 Å². The number of nitro benzene ring substituents is 1. The summed E-state index contributed by atoms with van der Waals surface area (Å²) in [5.74, 6) is -0.991. The zero-order valence-corrected chi connectivity index (χ0v) is 12.8.